The van der Waals surface area contributed by atoms with E-state index in [2.05, 4.69) is 20.1 Å². The fourth-order valence-electron chi connectivity index (χ4n) is 5.64. The molecule has 7 nitrogen and oxygen atoms in total. The summed E-state index contributed by atoms with van der Waals surface area (Å²) >= 11 is 0. The van der Waals surface area contributed by atoms with Crippen LogP contribution in [0.5, 0.6) is 0 Å². The van der Waals surface area contributed by atoms with E-state index in [9.17, 15) is 9.59 Å². The Bertz CT molecular complexity index is 709. The summed E-state index contributed by atoms with van der Waals surface area (Å²) in [6.07, 6.45) is 5.60. The SMILES string of the molecule is O=C(N[C@@H]1CN2CCCC[C@@]2(C(=O)N2C[C@H]3COC[C@H]3C2)C1)c1ccc[nH]1. The number of aromatic amines is 1. The molecular weight excluding hydrogens is 344 g/mol. The van der Waals surface area contributed by atoms with E-state index >= 15 is 0 Å². The second-order valence-corrected chi connectivity index (χ2v) is 8.66. The Hall–Kier alpha value is -1.86. The van der Waals surface area contributed by atoms with Crippen molar-refractivity contribution in [1.29, 1.82) is 0 Å². The molecule has 0 aromatic carbocycles. The van der Waals surface area contributed by atoms with Crippen molar-refractivity contribution in [2.45, 2.75) is 37.3 Å². The zero-order chi connectivity index (χ0) is 18.4. The number of carbonyl (C=O) groups excluding carboxylic acids is 2. The number of aromatic nitrogens is 1. The first-order chi connectivity index (χ1) is 13.2. The third-order valence-electron chi connectivity index (χ3n) is 7.00. The second-order valence-electron chi connectivity index (χ2n) is 8.66. The number of nitrogens with zero attached hydrogens (tertiary/aromatic N) is 2. The first kappa shape index (κ1) is 17.3. The fourth-order valence-corrected chi connectivity index (χ4v) is 5.64. The largest absolute Gasteiger partial charge is 0.381 e. The van der Waals surface area contributed by atoms with Crippen LogP contribution in [0.15, 0.2) is 18.3 Å². The first-order valence-electron chi connectivity index (χ1n) is 10.2. The normalized spacial score (nSPS) is 35.9. The van der Waals surface area contributed by atoms with E-state index in [1.54, 1.807) is 12.3 Å². The molecule has 5 rings (SSSR count). The average molecular weight is 372 g/mol. The van der Waals surface area contributed by atoms with Crippen molar-refractivity contribution >= 4 is 11.8 Å². The van der Waals surface area contributed by atoms with E-state index in [1.165, 1.54) is 0 Å². The van der Waals surface area contributed by atoms with Crippen molar-refractivity contribution in [2.75, 3.05) is 39.4 Å². The van der Waals surface area contributed by atoms with Crippen LogP contribution < -0.4 is 5.32 Å². The summed E-state index contributed by atoms with van der Waals surface area (Å²) in [5, 5.41) is 3.15. The van der Waals surface area contributed by atoms with Gasteiger partial charge in [0.15, 0.2) is 0 Å². The number of rotatable bonds is 3. The Kier molecular flexibility index (Phi) is 4.24. The van der Waals surface area contributed by atoms with Crippen molar-refractivity contribution in [1.82, 2.24) is 20.1 Å². The summed E-state index contributed by atoms with van der Waals surface area (Å²) in [5.41, 5.74) is 0.151. The molecule has 4 aliphatic rings. The quantitative estimate of drug-likeness (QED) is 0.825. The number of nitrogens with one attached hydrogen (secondary N) is 2. The Morgan fingerprint density at radius 3 is 2.74 bits per heavy atom. The third kappa shape index (κ3) is 2.88. The lowest BCUT2D eigenvalue weighted by molar-refractivity contribution is -0.144. The Morgan fingerprint density at radius 2 is 2.00 bits per heavy atom. The predicted octanol–water partition coefficient (Wildman–Crippen LogP) is 0.846. The summed E-state index contributed by atoms with van der Waals surface area (Å²) in [5.74, 6) is 1.22. The molecule has 0 bridgehead atoms. The molecule has 0 saturated carbocycles. The van der Waals surface area contributed by atoms with Crippen LogP contribution in [-0.4, -0.2) is 77.6 Å². The lowest BCUT2D eigenvalue weighted by Crippen LogP contribution is -2.58. The lowest BCUT2D eigenvalue weighted by Gasteiger charge is -2.43. The maximum Gasteiger partial charge on any atom is 0.267 e. The molecule has 5 heterocycles. The number of H-pyrrole nitrogens is 1. The lowest BCUT2D eigenvalue weighted by atomic mass is 9.84. The monoisotopic (exact) mass is 372 g/mol. The summed E-state index contributed by atoms with van der Waals surface area (Å²) in [6, 6.07) is 3.63. The molecule has 4 aliphatic heterocycles. The summed E-state index contributed by atoms with van der Waals surface area (Å²) < 4.78 is 5.57. The summed E-state index contributed by atoms with van der Waals surface area (Å²) in [4.78, 5) is 33.5. The number of ether oxygens (including phenoxy) is 1. The third-order valence-corrected chi connectivity index (χ3v) is 7.00. The van der Waals surface area contributed by atoms with Gasteiger partial charge in [0.25, 0.3) is 5.91 Å². The Morgan fingerprint density at radius 1 is 1.19 bits per heavy atom. The maximum absolute atomic E-state index is 13.6. The number of amides is 2. The van der Waals surface area contributed by atoms with Gasteiger partial charge in [-0.2, -0.15) is 0 Å². The molecular formula is C20H28N4O3. The van der Waals surface area contributed by atoms with Crippen LogP contribution in [0.2, 0.25) is 0 Å². The van der Waals surface area contributed by atoms with Gasteiger partial charge in [0.05, 0.1) is 13.2 Å². The predicted molar refractivity (Wildman–Crippen MR) is 99.2 cm³/mol. The zero-order valence-electron chi connectivity index (χ0n) is 15.7. The highest BCUT2D eigenvalue weighted by Gasteiger charge is 2.55. The highest BCUT2D eigenvalue weighted by molar-refractivity contribution is 5.93. The summed E-state index contributed by atoms with van der Waals surface area (Å²) in [6.45, 7) is 4.96. The molecule has 2 N–H and O–H groups in total. The van der Waals surface area contributed by atoms with Crippen LogP contribution in [0.25, 0.3) is 0 Å². The topological polar surface area (TPSA) is 77.7 Å². The van der Waals surface area contributed by atoms with Crippen LogP contribution in [0.4, 0.5) is 0 Å². The number of carbonyl (C=O) groups is 2. The minimum atomic E-state index is -0.425. The molecule has 2 amide bonds. The van der Waals surface area contributed by atoms with Gasteiger partial charge in [-0.3, -0.25) is 14.5 Å². The van der Waals surface area contributed by atoms with Crippen molar-refractivity contribution in [3.63, 3.8) is 0 Å². The molecule has 1 aromatic rings. The highest BCUT2D eigenvalue weighted by atomic mass is 16.5. The molecule has 0 radical (unpaired) electrons. The molecule has 7 heteroatoms. The minimum absolute atomic E-state index is 0.0216. The molecule has 4 fully saturated rings. The van der Waals surface area contributed by atoms with Gasteiger partial charge in [-0.05, 0) is 44.4 Å². The van der Waals surface area contributed by atoms with E-state index in [-0.39, 0.29) is 17.9 Å². The second kappa shape index (κ2) is 6.63. The van der Waals surface area contributed by atoms with Gasteiger partial charge in [0.1, 0.15) is 11.2 Å². The number of hydrogen-bond acceptors (Lipinski definition) is 4. The Balaban J connectivity index is 1.32. The highest BCUT2D eigenvalue weighted by Crippen LogP contribution is 2.41. The van der Waals surface area contributed by atoms with Gasteiger partial charge in [-0.15, -0.1) is 0 Å². The van der Waals surface area contributed by atoms with E-state index < -0.39 is 5.54 Å². The smallest absolute Gasteiger partial charge is 0.267 e. The van der Waals surface area contributed by atoms with E-state index in [1.807, 2.05) is 6.07 Å². The van der Waals surface area contributed by atoms with Gasteiger partial charge < -0.3 is 19.9 Å². The molecule has 0 spiro atoms. The van der Waals surface area contributed by atoms with Gasteiger partial charge in [0, 0.05) is 43.7 Å². The van der Waals surface area contributed by atoms with Crippen LogP contribution in [0.1, 0.15) is 36.2 Å². The van der Waals surface area contributed by atoms with Crippen molar-refractivity contribution in [2.24, 2.45) is 11.8 Å². The molecule has 1 aromatic heterocycles. The molecule has 4 saturated heterocycles. The van der Waals surface area contributed by atoms with Gasteiger partial charge >= 0.3 is 0 Å². The Labute approximate surface area is 159 Å². The molecule has 0 unspecified atom stereocenters. The van der Waals surface area contributed by atoms with E-state index in [0.717, 1.165) is 65.1 Å². The molecule has 0 aliphatic carbocycles. The van der Waals surface area contributed by atoms with Crippen molar-refractivity contribution in [3.05, 3.63) is 24.0 Å². The van der Waals surface area contributed by atoms with E-state index in [4.69, 9.17) is 4.74 Å². The fraction of sp³-hybridized carbons (Fsp3) is 0.700. The standard InChI is InChI=1S/C20H28N4O3/c25-18(17-4-3-6-21-17)22-16-8-20(5-1-2-7-24(20)11-16)19(26)23-9-14-12-27-13-15(14)10-23/h3-4,6,14-16,21H,1-2,5,7-13H2,(H,22,25)/t14-,15+,16-,20-/m0/s1. The van der Waals surface area contributed by atoms with E-state index in [0.29, 0.717) is 17.5 Å². The number of fused-ring (bicyclic) bond motifs is 2. The van der Waals surface area contributed by atoms with Crippen molar-refractivity contribution < 1.29 is 14.3 Å². The molecule has 4 atom stereocenters. The van der Waals surface area contributed by atoms with Crippen LogP contribution in [0, 0.1) is 11.8 Å². The average Bonchev–Trinajstić information content (AvgIpc) is 3.42. The molecule has 27 heavy (non-hydrogen) atoms. The zero-order valence-corrected chi connectivity index (χ0v) is 15.7. The van der Waals surface area contributed by atoms with Gasteiger partial charge in [-0.1, -0.05) is 0 Å². The number of likely N-dealkylation sites (tertiary alicyclic amines) is 1. The van der Waals surface area contributed by atoms with Gasteiger partial charge in [-0.25, -0.2) is 0 Å². The maximum atomic E-state index is 13.6. The molecule has 146 valence electrons. The van der Waals surface area contributed by atoms with Gasteiger partial charge in [0.2, 0.25) is 5.91 Å². The van der Waals surface area contributed by atoms with Crippen LogP contribution >= 0.6 is 0 Å². The first-order valence-corrected chi connectivity index (χ1v) is 10.2. The number of piperidine rings is 1. The number of hydrogen-bond donors (Lipinski definition) is 2. The minimum Gasteiger partial charge on any atom is -0.381 e. The summed E-state index contributed by atoms with van der Waals surface area (Å²) in [7, 11) is 0. The van der Waals surface area contributed by atoms with Crippen LogP contribution in [-0.2, 0) is 9.53 Å². The van der Waals surface area contributed by atoms with Crippen molar-refractivity contribution in [3.8, 4) is 0 Å². The van der Waals surface area contributed by atoms with Crippen LogP contribution in [0.3, 0.4) is 0 Å².